The highest BCUT2D eigenvalue weighted by Gasteiger charge is 2.25. The zero-order valence-electron chi connectivity index (χ0n) is 10.00. The second-order valence-corrected chi connectivity index (χ2v) is 4.87. The molecule has 2 nitrogen and oxygen atoms in total. The number of rotatable bonds is 4. The van der Waals surface area contributed by atoms with Crippen LogP contribution in [0.2, 0.25) is 0 Å². The Morgan fingerprint density at radius 1 is 1.29 bits per heavy atom. The molecule has 2 N–H and O–H groups in total. The molecule has 0 aromatic heterocycles. The van der Waals surface area contributed by atoms with Crippen LogP contribution in [0.3, 0.4) is 0 Å². The Morgan fingerprint density at radius 3 is 2.36 bits per heavy atom. The molecule has 0 aliphatic carbocycles. The lowest BCUT2D eigenvalue weighted by Crippen LogP contribution is -2.49. The molecule has 1 fully saturated rings. The van der Waals surface area contributed by atoms with E-state index in [4.69, 9.17) is 5.73 Å². The molecule has 0 aromatic carbocycles. The van der Waals surface area contributed by atoms with Gasteiger partial charge < -0.3 is 5.73 Å². The molecule has 0 saturated carbocycles. The van der Waals surface area contributed by atoms with E-state index in [1.807, 2.05) is 0 Å². The van der Waals surface area contributed by atoms with Crippen molar-refractivity contribution in [1.29, 1.82) is 0 Å². The Balaban J connectivity index is 2.39. The Kier molecular flexibility index (Phi) is 4.90. The van der Waals surface area contributed by atoms with Crippen LogP contribution in [0.5, 0.6) is 0 Å². The number of likely N-dealkylation sites (tertiary alicyclic amines) is 1. The third-order valence-electron chi connectivity index (χ3n) is 3.48. The van der Waals surface area contributed by atoms with E-state index in [2.05, 4.69) is 25.7 Å². The predicted molar refractivity (Wildman–Crippen MR) is 62.4 cm³/mol. The van der Waals surface area contributed by atoms with Gasteiger partial charge in [0.2, 0.25) is 0 Å². The van der Waals surface area contributed by atoms with Crippen molar-refractivity contribution >= 4 is 0 Å². The summed E-state index contributed by atoms with van der Waals surface area (Å²) < 4.78 is 0. The normalized spacial score (nSPS) is 31.7. The molecule has 0 amide bonds. The summed E-state index contributed by atoms with van der Waals surface area (Å²) in [5.74, 6) is 0. The largest absolute Gasteiger partial charge is 0.327 e. The highest BCUT2D eigenvalue weighted by Crippen LogP contribution is 2.22. The minimum atomic E-state index is 0.378. The lowest BCUT2D eigenvalue weighted by molar-refractivity contribution is 0.0949. The van der Waals surface area contributed by atoms with Crippen molar-refractivity contribution < 1.29 is 0 Å². The van der Waals surface area contributed by atoms with Gasteiger partial charge in [-0.2, -0.15) is 0 Å². The zero-order valence-corrected chi connectivity index (χ0v) is 10.00. The minimum Gasteiger partial charge on any atom is -0.327 e. The van der Waals surface area contributed by atoms with Crippen molar-refractivity contribution in [3.63, 3.8) is 0 Å². The second-order valence-electron chi connectivity index (χ2n) is 4.87. The van der Waals surface area contributed by atoms with E-state index in [1.54, 1.807) is 0 Å². The number of hydrogen-bond acceptors (Lipinski definition) is 2. The summed E-state index contributed by atoms with van der Waals surface area (Å²) >= 11 is 0. The first-order chi connectivity index (χ1) is 6.65. The fraction of sp³-hybridized carbons (Fsp3) is 1.00. The summed E-state index contributed by atoms with van der Waals surface area (Å²) in [6.45, 7) is 7.99. The third-order valence-corrected chi connectivity index (χ3v) is 3.48. The molecule has 14 heavy (non-hydrogen) atoms. The molecule has 1 aliphatic heterocycles. The standard InChI is InChI=1S/C12H26N2/c1-4-6-12(13)9-14-10(2)7-5-8-11(14)3/h10-12H,4-9,13H2,1-3H3. The van der Waals surface area contributed by atoms with E-state index >= 15 is 0 Å². The van der Waals surface area contributed by atoms with Crippen LogP contribution in [-0.2, 0) is 0 Å². The molecule has 1 saturated heterocycles. The maximum Gasteiger partial charge on any atom is 0.0167 e. The van der Waals surface area contributed by atoms with Crippen LogP contribution < -0.4 is 5.73 Å². The maximum atomic E-state index is 6.10. The first-order valence-electron chi connectivity index (χ1n) is 6.16. The van der Waals surface area contributed by atoms with E-state index in [9.17, 15) is 0 Å². The number of nitrogens with two attached hydrogens (primary N) is 1. The highest BCUT2D eigenvalue weighted by molar-refractivity contribution is 4.82. The van der Waals surface area contributed by atoms with Crippen molar-refractivity contribution in [3.05, 3.63) is 0 Å². The summed E-state index contributed by atoms with van der Waals surface area (Å²) in [7, 11) is 0. The molecule has 0 spiro atoms. The van der Waals surface area contributed by atoms with E-state index in [-0.39, 0.29) is 0 Å². The number of nitrogens with zero attached hydrogens (tertiary/aromatic N) is 1. The van der Waals surface area contributed by atoms with Gasteiger partial charge in [0, 0.05) is 24.7 Å². The first kappa shape index (κ1) is 12.0. The van der Waals surface area contributed by atoms with Crippen LogP contribution in [0.1, 0.15) is 52.9 Å². The Labute approximate surface area is 88.8 Å². The van der Waals surface area contributed by atoms with Gasteiger partial charge in [-0.1, -0.05) is 19.8 Å². The van der Waals surface area contributed by atoms with Crippen LogP contribution in [-0.4, -0.2) is 29.6 Å². The molecule has 1 aliphatic rings. The fourth-order valence-electron chi connectivity index (χ4n) is 2.57. The van der Waals surface area contributed by atoms with Gasteiger partial charge in [0.15, 0.2) is 0 Å². The topological polar surface area (TPSA) is 29.3 Å². The molecule has 2 heteroatoms. The lowest BCUT2D eigenvalue weighted by atomic mass is 9.96. The molecule has 3 atom stereocenters. The number of piperidine rings is 1. The van der Waals surface area contributed by atoms with Crippen LogP contribution in [0.25, 0.3) is 0 Å². The summed E-state index contributed by atoms with van der Waals surface area (Å²) in [6, 6.07) is 1.85. The average molecular weight is 198 g/mol. The summed E-state index contributed by atoms with van der Waals surface area (Å²) in [4.78, 5) is 2.60. The molecular weight excluding hydrogens is 172 g/mol. The first-order valence-corrected chi connectivity index (χ1v) is 6.16. The highest BCUT2D eigenvalue weighted by atomic mass is 15.2. The van der Waals surface area contributed by atoms with Gasteiger partial charge in [-0.05, 0) is 33.1 Å². The lowest BCUT2D eigenvalue weighted by Gasteiger charge is -2.40. The van der Waals surface area contributed by atoms with Crippen molar-refractivity contribution in [2.75, 3.05) is 6.54 Å². The fourth-order valence-corrected chi connectivity index (χ4v) is 2.57. The predicted octanol–water partition coefficient (Wildman–Crippen LogP) is 2.38. The zero-order chi connectivity index (χ0) is 10.6. The van der Waals surface area contributed by atoms with Crippen LogP contribution in [0, 0.1) is 0 Å². The molecule has 3 unspecified atom stereocenters. The summed E-state index contributed by atoms with van der Waals surface area (Å²) in [5, 5.41) is 0. The van der Waals surface area contributed by atoms with E-state index < -0.39 is 0 Å². The van der Waals surface area contributed by atoms with Gasteiger partial charge >= 0.3 is 0 Å². The Morgan fingerprint density at radius 2 is 1.86 bits per heavy atom. The summed E-state index contributed by atoms with van der Waals surface area (Å²) in [5.41, 5.74) is 6.10. The quantitative estimate of drug-likeness (QED) is 0.751. The molecule has 1 heterocycles. The van der Waals surface area contributed by atoms with Gasteiger partial charge in [0.1, 0.15) is 0 Å². The van der Waals surface area contributed by atoms with Gasteiger partial charge in [0.05, 0.1) is 0 Å². The maximum absolute atomic E-state index is 6.10. The Hall–Kier alpha value is -0.0800. The molecule has 84 valence electrons. The molecule has 0 aromatic rings. The van der Waals surface area contributed by atoms with Crippen LogP contribution >= 0.6 is 0 Å². The Bertz CT molecular complexity index is 148. The smallest absolute Gasteiger partial charge is 0.0167 e. The second kappa shape index (κ2) is 5.72. The minimum absolute atomic E-state index is 0.378. The van der Waals surface area contributed by atoms with Crippen molar-refractivity contribution in [1.82, 2.24) is 4.90 Å². The summed E-state index contributed by atoms with van der Waals surface area (Å²) in [6.07, 6.45) is 6.46. The van der Waals surface area contributed by atoms with E-state index in [0.29, 0.717) is 6.04 Å². The van der Waals surface area contributed by atoms with E-state index in [0.717, 1.165) is 25.0 Å². The molecule has 0 bridgehead atoms. The number of hydrogen-bond donors (Lipinski definition) is 1. The third kappa shape index (κ3) is 3.25. The van der Waals surface area contributed by atoms with E-state index in [1.165, 1.54) is 25.7 Å². The van der Waals surface area contributed by atoms with Gasteiger partial charge in [-0.15, -0.1) is 0 Å². The van der Waals surface area contributed by atoms with Crippen molar-refractivity contribution in [2.24, 2.45) is 5.73 Å². The average Bonchev–Trinajstić information content (AvgIpc) is 2.12. The van der Waals surface area contributed by atoms with Crippen molar-refractivity contribution in [2.45, 2.75) is 71.0 Å². The molecule has 0 radical (unpaired) electrons. The van der Waals surface area contributed by atoms with Crippen LogP contribution in [0.15, 0.2) is 0 Å². The van der Waals surface area contributed by atoms with Crippen LogP contribution in [0.4, 0.5) is 0 Å². The molecular formula is C12H26N2. The van der Waals surface area contributed by atoms with Gasteiger partial charge in [-0.3, -0.25) is 4.90 Å². The van der Waals surface area contributed by atoms with Gasteiger partial charge in [0.25, 0.3) is 0 Å². The molecule has 1 rings (SSSR count). The van der Waals surface area contributed by atoms with Crippen molar-refractivity contribution in [3.8, 4) is 0 Å². The monoisotopic (exact) mass is 198 g/mol. The SMILES string of the molecule is CCCC(N)CN1C(C)CCCC1C. The van der Waals surface area contributed by atoms with Gasteiger partial charge in [-0.25, -0.2) is 0 Å².